The zero-order valence-electron chi connectivity index (χ0n) is 13.4. The number of alkyl halides is 3. The molecule has 1 amide bonds. The lowest BCUT2D eigenvalue weighted by molar-refractivity contribution is -0.156. The highest BCUT2D eigenvalue weighted by Gasteiger charge is 2.43. The van der Waals surface area contributed by atoms with Gasteiger partial charge in [-0.05, 0) is 25.0 Å². The number of hydrogen-bond acceptors (Lipinski definition) is 4. The molecule has 1 aromatic rings. The number of anilines is 1. The van der Waals surface area contributed by atoms with Gasteiger partial charge in [-0.15, -0.1) is 0 Å². The van der Waals surface area contributed by atoms with Crippen LogP contribution in [0.5, 0.6) is 0 Å². The van der Waals surface area contributed by atoms with Gasteiger partial charge in [0.2, 0.25) is 5.91 Å². The van der Waals surface area contributed by atoms with Crippen molar-refractivity contribution < 1.29 is 27.9 Å². The van der Waals surface area contributed by atoms with Gasteiger partial charge < -0.3 is 14.9 Å². The second kappa shape index (κ2) is 6.53. The van der Waals surface area contributed by atoms with E-state index in [2.05, 4.69) is 4.98 Å². The molecule has 1 saturated carbocycles. The molecule has 3 rings (SSSR count). The molecule has 2 aliphatic rings. The van der Waals surface area contributed by atoms with Crippen LogP contribution in [-0.4, -0.2) is 53.0 Å². The Kier molecular flexibility index (Phi) is 4.57. The van der Waals surface area contributed by atoms with Gasteiger partial charge in [-0.1, -0.05) is 0 Å². The molecule has 0 bridgehead atoms. The minimum Gasteiger partial charge on any atom is -0.481 e. The van der Waals surface area contributed by atoms with Gasteiger partial charge in [-0.25, -0.2) is 4.98 Å². The molecular formula is C16H18F3N3O3. The minimum atomic E-state index is -4.42. The maximum atomic E-state index is 12.6. The molecule has 1 aromatic heterocycles. The molecule has 2 atom stereocenters. The number of aliphatic carboxylic acids is 1. The van der Waals surface area contributed by atoms with Crippen LogP contribution in [0, 0.1) is 11.8 Å². The van der Waals surface area contributed by atoms with Crippen molar-refractivity contribution in [3.63, 3.8) is 0 Å². The number of rotatable bonds is 3. The van der Waals surface area contributed by atoms with Crippen molar-refractivity contribution in [3.05, 3.63) is 23.9 Å². The van der Waals surface area contributed by atoms with Crippen LogP contribution in [0.25, 0.3) is 0 Å². The van der Waals surface area contributed by atoms with Gasteiger partial charge in [0.1, 0.15) is 5.82 Å². The molecule has 2 heterocycles. The van der Waals surface area contributed by atoms with Crippen molar-refractivity contribution in [2.75, 3.05) is 31.1 Å². The lowest BCUT2D eigenvalue weighted by Gasteiger charge is -2.40. The van der Waals surface area contributed by atoms with E-state index in [1.54, 1.807) is 4.90 Å². The Morgan fingerprint density at radius 1 is 1.08 bits per heavy atom. The number of pyridine rings is 1. The number of nitrogens with zero attached hydrogens (tertiary/aromatic N) is 3. The summed E-state index contributed by atoms with van der Waals surface area (Å²) < 4.78 is 37.7. The number of carbonyl (C=O) groups is 2. The van der Waals surface area contributed by atoms with Gasteiger partial charge in [0, 0.05) is 32.4 Å². The molecule has 1 saturated heterocycles. The lowest BCUT2D eigenvalue weighted by Crippen LogP contribution is -2.53. The Labute approximate surface area is 142 Å². The first-order valence-electron chi connectivity index (χ1n) is 8.07. The van der Waals surface area contributed by atoms with Gasteiger partial charge in [-0.3, -0.25) is 9.59 Å². The first kappa shape index (κ1) is 17.5. The number of carbonyl (C=O) groups excluding carboxylic acids is 1. The van der Waals surface area contributed by atoms with Crippen LogP contribution in [0.2, 0.25) is 0 Å². The molecule has 2 fully saturated rings. The van der Waals surface area contributed by atoms with E-state index in [4.69, 9.17) is 5.11 Å². The minimum absolute atomic E-state index is 0.140. The topological polar surface area (TPSA) is 73.7 Å². The summed E-state index contributed by atoms with van der Waals surface area (Å²) in [4.78, 5) is 30.8. The highest BCUT2D eigenvalue weighted by atomic mass is 19.4. The summed E-state index contributed by atoms with van der Waals surface area (Å²) >= 11 is 0. The number of hydrogen-bond donors (Lipinski definition) is 1. The van der Waals surface area contributed by atoms with E-state index in [0.29, 0.717) is 44.8 Å². The molecule has 25 heavy (non-hydrogen) atoms. The van der Waals surface area contributed by atoms with Crippen LogP contribution in [0.3, 0.4) is 0 Å². The van der Waals surface area contributed by atoms with E-state index in [1.165, 1.54) is 6.07 Å². The molecule has 1 aliphatic carbocycles. The Balaban J connectivity index is 1.57. The van der Waals surface area contributed by atoms with E-state index in [9.17, 15) is 22.8 Å². The Morgan fingerprint density at radius 2 is 1.72 bits per heavy atom. The standard InChI is InChI=1S/C16H18F3N3O3/c17-16(18,19)10-1-4-13(20-9-10)21-5-7-22(8-6-21)14(23)11-2-3-12(11)15(24)25/h1,4,9,11-12H,2-3,5-8H2,(H,24,25). The van der Waals surface area contributed by atoms with Crippen LogP contribution in [0.15, 0.2) is 18.3 Å². The number of aromatic nitrogens is 1. The van der Waals surface area contributed by atoms with Gasteiger partial charge in [0.15, 0.2) is 0 Å². The number of halogens is 3. The van der Waals surface area contributed by atoms with Crippen molar-refractivity contribution in [2.24, 2.45) is 11.8 Å². The number of amides is 1. The lowest BCUT2D eigenvalue weighted by atomic mass is 9.73. The molecule has 1 aliphatic heterocycles. The molecule has 6 nitrogen and oxygen atoms in total. The van der Waals surface area contributed by atoms with Crippen LogP contribution in [-0.2, 0) is 15.8 Å². The normalized spacial score (nSPS) is 24.0. The fourth-order valence-corrected chi connectivity index (χ4v) is 3.22. The zero-order valence-corrected chi connectivity index (χ0v) is 13.4. The molecule has 136 valence electrons. The second-order valence-corrected chi connectivity index (χ2v) is 6.34. The number of carboxylic acid groups (broad SMARTS) is 1. The summed E-state index contributed by atoms with van der Waals surface area (Å²) in [6.07, 6.45) is -2.49. The zero-order chi connectivity index (χ0) is 18.2. The molecule has 1 N–H and O–H groups in total. The van der Waals surface area contributed by atoms with Crippen molar-refractivity contribution in [3.8, 4) is 0 Å². The summed E-state index contributed by atoms with van der Waals surface area (Å²) in [5.41, 5.74) is -0.797. The largest absolute Gasteiger partial charge is 0.481 e. The monoisotopic (exact) mass is 357 g/mol. The molecule has 9 heteroatoms. The van der Waals surface area contributed by atoms with E-state index in [0.717, 1.165) is 12.3 Å². The fraction of sp³-hybridized carbons (Fsp3) is 0.562. The van der Waals surface area contributed by atoms with Crippen LogP contribution in [0.1, 0.15) is 18.4 Å². The van der Waals surface area contributed by atoms with E-state index in [1.807, 2.05) is 4.90 Å². The first-order chi connectivity index (χ1) is 11.8. The predicted molar refractivity (Wildman–Crippen MR) is 81.9 cm³/mol. The maximum absolute atomic E-state index is 12.6. The number of carboxylic acids is 1. The Bertz CT molecular complexity index is 655. The first-order valence-corrected chi connectivity index (χ1v) is 8.07. The third-order valence-corrected chi connectivity index (χ3v) is 4.90. The van der Waals surface area contributed by atoms with Crippen molar-refractivity contribution in [1.29, 1.82) is 0 Å². The molecule has 0 spiro atoms. The van der Waals surface area contributed by atoms with Gasteiger partial charge in [0.05, 0.1) is 17.4 Å². The van der Waals surface area contributed by atoms with Crippen LogP contribution < -0.4 is 4.90 Å². The third kappa shape index (κ3) is 3.54. The fourth-order valence-electron chi connectivity index (χ4n) is 3.22. The maximum Gasteiger partial charge on any atom is 0.417 e. The predicted octanol–water partition coefficient (Wildman–Crippen LogP) is 1.86. The van der Waals surface area contributed by atoms with Crippen LogP contribution in [0.4, 0.5) is 19.0 Å². The average molecular weight is 357 g/mol. The van der Waals surface area contributed by atoms with Crippen molar-refractivity contribution >= 4 is 17.7 Å². The highest BCUT2D eigenvalue weighted by molar-refractivity contribution is 5.86. The highest BCUT2D eigenvalue weighted by Crippen LogP contribution is 2.36. The molecule has 0 radical (unpaired) electrons. The van der Waals surface area contributed by atoms with Gasteiger partial charge >= 0.3 is 12.1 Å². The molecule has 2 unspecified atom stereocenters. The average Bonchev–Trinajstić information content (AvgIpc) is 2.52. The summed E-state index contributed by atoms with van der Waals surface area (Å²) in [5.74, 6) is -1.68. The quantitative estimate of drug-likeness (QED) is 0.894. The van der Waals surface area contributed by atoms with Gasteiger partial charge in [0.25, 0.3) is 0 Å². The summed E-state index contributed by atoms with van der Waals surface area (Å²) in [7, 11) is 0. The SMILES string of the molecule is O=C(O)C1CCC1C(=O)N1CCN(c2ccc(C(F)(F)F)cn2)CC1. The molecular weight excluding hydrogens is 339 g/mol. The van der Waals surface area contributed by atoms with Crippen molar-refractivity contribution in [2.45, 2.75) is 19.0 Å². The smallest absolute Gasteiger partial charge is 0.417 e. The van der Waals surface area contributed by atoms with Crippen molar-refractivity contribution in [1.82, 2.24) is 9.88 Å². The van der Waals surface area contributed by atoms with E-state index < -0.39 is 29.5 Å². The third-order valence-electron chi connectivity index (χ3n) is 4.90. The summed E-state index contributed by atoms with van der Waals surface area (Å²) in [6.45, 7) is 1.72. The second-order valence-electron chi connectivity index (χ2n) is 6.34. The number of piperazine rings is 1. The summed E-state index contributed by atoms with van der Waals surface area (Å²) in [6, 6.07) is 2.32. The van der Waals surface area contributed by atoms with Crippen LogP contribution >= 0.6 is 0 Å². The molecule has 0 aromatic carbocycles. The van der Waals surface area contributed by atoms with Gasteiger partial charge in [-0.2, -0.15) is 13.2 Å². The van der Waals surface area contributed by atoms with E-state index >= 15 is 0 Å². The Hall–Kier alpha value is -2.32. The van der Waals surface area contributed by atoms with E-state index in [-0.39, 0.29) is 5.91 Å². The Morgan fingerprint density at radius 3 is 2.16 bits per heavy atom. The summed E-state index contributed by atoms with van der Waals surface area (Å²) in [5, 5.41) is 9.05.